The van der Waals surface area contributed by atoms with Crippen LogP contribution >= 0.6 is 11.3 Å². The molecule has 0 aliphatic carbocycles. The molecule has 116 valence electrons. The van der Waals surface area contributed by atoms with Crippen LogP contribution < -0.4 is 10.9 Å². The number of carbonyl (C=O) groups excluding carboxylic acids is 2. The van der Waals surface area contributed by atoms with Crippen LogP contribution in [0.4, 0.5) is 4.39 Å². The van der Waals surface area contributed by atoms with Crippen LogP contribution in [0.25, 0.3) is 10.1 Å². The molecule has 0 bridgehead atoms. The van der Waals surface area contributed by atoms with E-state index >= 15 is 0 Å². The van der Waals surface area contributed by atoms with Gasteiger partial charge in [-0.2, -0.15) is 0 Å². The highest BCUT2D eigenvalue weighted by atomic mass is 32.1. The topological polar surface area (TPSA) is 58.2 Å². The van der Waals surface area contributed by atoms with Crippen molar-refractivity contribution in [3.05, 3.63) is 70.4 Å². The van der Waals surface area contributed by atoms with Crippen molar-refractivity contribution in [1.82, 2.24) is 10.9 Å². The van der Waals surface area contributed by atoms with E-state index in [2.05, 4.69) is 10.9 Å². The molecule has 1 aromatic heterocycles. The molecule has 0 unspecified atom stereocenters. The maximum absolute atomic E-state index is 13.5. The zero-order valence-electron chi connectivity index (χ0n) is 12.2. The van der Waals surface area contributed by atoms with Crippen molar-refractivity contribution >= 4 is 33.2 Å². The van der Waals surface area contributed by atoms with Crippen LogP contribution in [-0.4, -0.2) is 11.8 Å². The second-order valence-electron chi connectivity index (χ2n) is 4.94. The minimum Gasteiger partial charge on any atom is -0.267 e. The van der Waals surface area contributed by atoms with Crippen molar-refractivity contribution in [2.75, 3.05) is 0 Å². The Kier molecular flexibility index (Phi) is 4.08. The molecule has 4 nitrogen and oxygen atoms in total. The summed E-state index contributed by atoms with van der Waals surface area (Å²) in [5.74, 6) is -1.76. The van der Waals surface area contributed by atoms with Gasteiger partial charge >= 0.3 is 0 Å². The van der Waals surface area contributed by atoms with E-state index in [-0.39, 0.29) is 5.56 Å². The lowest BCUT2D eigenvalue weighted by atomic mass is 10.1. The normalized spacial score (nSPS) is 10.5. The second-order valence-corrected chi connectivity index (χ2v) is 5.99. The van der Waals surface area contributed by atoms with Crippen molar-refractivity contribution < 1.29 is 14.0 Å². The minimum absolute atomic E-state index is 0.124. The van der Waals surface area contributed by atoms with Gasteiger partial charge in [-0.25, -0.2) is 4.39 Å². The van der Waals surface area contributed by atoms with Crippen LogP contribution in [0.5, 0.6) is 0 Å². The fourth-order valence-electron chi connectivity index (χ4n) is 2.27. The van der Waals surface area contributed by atoms with Crippen molar-refractivity contribution in [3.63, 3.8) is 0 Å². The van der Waals surface area contributed by atoms with E-state index in [0.717, 1.165) is 15.6 Å². The van der Waals surface area contributed by atoms with Gasteiger partial charge in [-0.15, -0.1) is 11.3 Å². The number of hydrogen-bond acceptors (Lipinski definition) is 3. The molecule has 6 heteroatoms. The van der Waals surface area contributed by atoms with Gasteiger partial charge in [-0.3, -0.25) is 20.4 Å². The summed E-state index contributed by atoms with van der Waals surface area (Å²) in [6.45, 7) is 1.85. The number of nitrogens with one attached hydrogen (secondary N) is 2. The van der Waals surface area contributed by atoms with Gasteiger partial charge < -0.3 is 0 Å². The zero-order chi connectivity index (χ0) is 16.4. The van der Waals surface area contributed by atoms with E-state index in [9.17, 15) is 14.0 Å². The van der Waals surface area contributed by atoms with Gasteiger partial charge in [0.05, 0.1) is 10.4 Å². The van der Waals surface area contributed by atoms with Crippen LogP contribution in [-0.2, 0) is 0 Å². The molecular formula is C17H13FN2O2S. The van der Waals surface area contributed by atoms with E-state index in [1.54, 1.807) is 6.07 Å². The summed E-state index contributed by atoms with van der Waals surface area (Å²) in [7, 11) is 0. The number of carbonyl (C=O) groups is 2. The van der Waals surface area contributed by atoms with Gasteiger partial charge in [-0.05, 0) is 36.1 Å². The van der Waals surface area contributed by atoms with Gasteiger partial charge in [-0.1, -0.05) is 30.3 Å². The number of benzene rings is 2. The summed E-state index contributed by atoms with van der Waals surface area (Å²) in [5, 5.41) is 1.00. The van der Waals surface area contributed by atoms with Gasteiger partial charge in [0.1, 0.15) is 5.82 Å². The predicted octanol–water partition coefficient (Wildman–Crippen LogP) is 3.42. The van der Waals surface area contributed by atoms with Crippen molar-refractivity contribution in [3.8, 4) is 0 Å². The quantitative estimate of drug-likeness (QED) is 0.708. The highest BCUT2D eigenvalue weighted by molar-refractivity contribution is 7.21. The van der Waals surface area contributed by atoms with Gasteiger partial charge in [0.2, 0.25) is 0 Å². The standard InChI is InChI=1S/C17H13FN2O2S/c1-10-11-6-3-5-9-14(11)23-15(10)17(22)20-19-16(21)12-7-2-4-8-13(12)18/h2-9H,1H3,(H,19,21)(H,20,22). The molecule has 0 fully saturated rings. The molecule has 1 heterocycles. The Morgan fingerprint density at radius 1 is 0.957 bits per heavy atom. The molecule has 0 aliphatic rings. The Balaban J connectivity index is 1.75. The lowest BCUT2D eigenvalue weighted by molar-refractivity contribution is 0.0846. The number of fused-ring (bicyclic) bond motifs is 1. The smallest absolute Gasteiger partial charge is 0.267 e. The lowest BCUT2D eigenvalue weighted by Gasteiger charge is -2.07. The van der Waals surface area contributed by atoms with E-state index < -0.39 is 17.6 Å². The Morgan fingerprint density at radius 2 is 1.61 bits per heavy atom. The van der Waals surface area contributed by atoms with Crippen LogP contribution in [0.2, 0.25) is 0 Å². The maximum Gasteiger partial charge on any atom is 0.280 e. The highest BCUT2D eigenvalue weighted by Crippen LogP contribution is 2.30. The second kappa shape index (κ2) is 6.18. The molecular weight excluding hydrogens is 315 g/mol. The Morgan fingerprint density at radius 3 is 2.35 bits per heavy atom. The molecule has 2 N–H and O–H groups in total. The van der Waals surface area contributed by atoms with E-state index in [4.69, 9.17) is 0 Å². The summed E-state index contributed by atoms with van der Waals surface area (Å²) in [5.41, 5.74) is 5.30. The Hall–Kier alpha value is -2.73. The zero-order valence-corrected chi connectivity index (χ0v) is 13.0. The number of halogens is 1. The highest BCUT2D eigenvalue weighted by Gasteiger charge is 2.17. The first kappa shape index (κ1) is 15.2. The van der Waals surface area contributed by atoms with Crippen LogP contribution in [0.3, 0.4) is 0 Å². The average molecular weight is 328 g/mol. The predicted molar refractivity (Wildman–Crippen MR) is 87.9 cm³/mol. The summed E-state index contributed by atoms with van der Waals surface area (Å²) in [6, 6.07) is 13.3. The number of hydrazine groups is 1. The molecule has 0 saturated heterocycles. The summed E-state index contributed by atoms with van der Waals surface area (Å²) < 4.78 is 14.5. The minimum atomic E-state index is -0.699. The first-order valence-electron chi connectivity index (χ1n) is 6.91. The fourth-order valence-corrected chi connectivity index (χ4v) is 3.38. The van der Waals surface area contributed by atoms with Gasteiger partial charge in [0.25, 0.3) is 11.8 Å². The molecule has 3 aromatic rings. The van der Waals surface area contributed by atoms with E-state index in [1.165, 1.54) is 29.5 Å². The third-order valence-electron chi connectivity index (χ3n) is 3.46. The summed E-state index contributed by atoms with van der Waals surface area (Å²) in [6.07, 6.45) is 0. The molecule has 2 amide bonds. The Bertz CT molecular complexity index is 904. The average Bonchev–Trinajstić information content (AvgIpc) is 2.90. The first-order valence-corrected chi connectivity index (χ1v) is 7.73. The molecule has 0 aliphatic heterocycles. The number of amides is 2. The number of thiophene rings is 1. The van der Waals surface area contributed by atoms with Gasteiger partial charge in [0.15, 0.2) is 0 Å². The third-order valence-corrected chi connectivity index (χ3v) is 4.73. The first-order chi connectivity index (χ1) is 11.1. The molecule has 0 saturated carbocycles. The van der Waals surface area contributed by atoms with E-state index in [0.29, 0.717) is 4.88 Å². The molecule has 0 spiro atoms. The maximum atomic E-state index is 13.5. The summed E-state index contributed by atoms with van der Waals surface area (Å²) in [4.78, 5) is 24.7. The van der Waals surface area contributed by atoms with Crippen LogP contribution in [0.15, 0.2) is 48.5 Å². The van der Waals surface area contributed by atoms with Crippen molar-refractivity contribution in [2.45, 2.75) is 6.92 Å². The molecule has 3 rings (SSSR count). The van der Waals surface area contributed by atoms with E-state index in [1.807, 2.05) is 31.2 Å². The monoisotopic (exact) mass is 328 g/mol. The van der Waals surface area contributed by atoms with Crippen molar-refractivity contribution in [1.29, 1.82) is 0 Å². The molecule has 0 radical (unpaired) electrons. The number of rotatable bonds is 2. The van der Waals surface area contributed by atoms with Crippen LogP contribution in [0, 0.1) is 12.7 Å². The number of hydrogen-bond donors (Lipinski definition) is 2. The van der Waals surface area contributed by atoms with Crippen molar-refractivity contribution in [2.24, 2.45) is 0 Å². The molecule has 2 aromatic carbocycles. The molecule has 0 atom stereocenters. The number of aryl methyl sites for hydroxylation is 1. The SMILES string of the molecule is Cc1c(C(=O)NNC(=O)c2ccccc2F)sc2ccccc12. The summed E-state index contributed by atoms with van der Waals surface area (Å²) >= 11 is 1.35. The fraction of sp³-hybridized carbons (Fsp3) is 0.0588. The van der Waals surface area contributed by atoms with Crippen LogP contribution in [0.1, 0.15) is 25.6 Å². The van der Waals surface area contributed by atoms with Gasteiger partial charge in [0, 0.05) is 4.70 Å². The third kappa shape index (κ3) is 2.93. The lowest BCUT2D eigenvalue weighted by Crippen LogP contribution is -2.41. The largest absolute Gasteiger partial charge is 0.280 e. The molecule has 23 heavy (non-hydrogen) atoms. The Labute approximate surface area is 135 Å².